The van der Waals surface area contributed by atoms with Gasteiger partial charge in [0.05, 0.1) is 0 Å². The van der Waals surface area contributed by atoms with Gasteiger partial charge in [-0.05, 0) is 43.5 Å². The minimum Gasteiger partial charge on any atom is -0.385 e. The first kappa shape index (κ1) is 22.4. The van der Waals surface area contributed by atoms with Gasteiger partial charge in [-0.1, -0.05) is 51.3 Å². The van der Waals surface area contributed by atoms with E-state index in [-0.39, 0.29) is 5.78 Å². The largest absolute Gasteiger partial charge is 0.385 e. The van der Waals surface area contributed by atoms with Gasteiger partial charge in [-0.25, -0.2) is 0 Å². The molecule has 0 fully saturated rings. The molecule has 0 saturated carbocycles. The molecule has 0 unspecified atom stereocenters. The Morgan fingerprint density at radius 2 is 1.86 bits per heavy atom. The number of methoxy groups -OCH3 is 1. The number of rotatable bonds is 6. The first-order valence-electron chi connectivity index (χ1n) is 7.74. The van der Waals surface area contributed by atoms with Crippen LogP contribution in [-0.4, -0.2) is 19.5 Å². The predicted octanol–water partition coefficient (Wildman–Crippen LogP) is 5.63. The normalized spacial score (nSPS) is 9.10. The van der Waals surface area contributed by atoms with Crippen molar-refractivity contribution in [3.05, 3.63) is 34.3 Å². The molecule has 1 aromatic carbocycles. The van der Waals surface area contributed by atoms with E-state index in [9.17, 15) is 4.79 Å². The Morgan fingerprint density at radius 1 is 1.24 bits per heavy atom. The van der Waals surface area contributed by atoms with Crippen LogP contribution in [0.4, 0.5) is 0 Å². The van der Waals surface area contributed by atoms with Crippen molar-refractivity contribution in [2.24, 2.45) is 0 Å². The van der Waals surface area contributed by atoms with Gasteiger partial charge in [-0.2, -0.15) is 0 Å². The van der Waals surface area contributed by atoms with Crippen LogP contribution in [0.1, 0.15) is 58.1 Å². The monoisotopic (exact) mass is 314 g/mol. The average Bonchev–Trinajstić information content (AvgIpc) is 2.46. The Kier molecular flexibility index (Phi) is 16.6. The third-order valence-electron chi connectivity index (χ3n) is 2.70. The van der Waals surface area contributed by atoms with Gasteiger partial charge in [0, 0.05) is 25.2 Å². The Hall–Kier alpha value is -0.860. The summed E-state index contributed by atoms with van der Waals surface area (Å²) in [6, 6.07) is 5.61. The molecular formula is C18H31ClO2. The van der Waals surface area contributed by atoms with Gasteiger partial charge in [0.15, 0.2) is 0 Å². The molecule has 0 aromatic heterocycles. The SMILES string of the molecule is CC.CC(=O)Cc1cc(Cl)ccc1C.CCCCCOC. The molecule has 2 nitrogen and oxygen atoms in total. The lowest BCUT2D eigenvalue weighted by Crippen LogP contribution is -1.98. The second-order valence-corrected chi connectivity index (χ2v) is 5.09. The van der Waals surface area contributed by atoms with Gasteiger partial charge in [-0.3, -0.25) is 4.79 Å². The Morgan fingerprint density at radius 3 is 2.33 bits per heavy atom. The molecule has 0 N–H and O–H groups in total. The molecule has 21 heavy (non-hydrogen) atoms. The van der Waals surface area contributed by atoms with Crippen LogP contribution in [0.5, 0.6) is 0 Å². The Labute approximate surface area is 135 Å². The summed E-state index contributed by atoms with van der Waals surface area (Å²) >= 11 is 5.79. The van der Waals surface area contributed by atoms with Gasteiger partial charge in [0.2, 0.25) is 0 Å². The molecule has 0 aliphatic rings. The molecule has 0 aliphatic carbocycles. The summed E-state index contributed by atoms with van der Waals surface area (Å²) in [5, 5.41) is 0.692. The van der Waals surface area contributed by atoms with Gasteiger partial charge < -0.3 is 4.74 Å². The molecule has 3 heteroatoms. The Balaban J connectivity index is 0. The molecule has 0 amide bonds. The maximum Gasteiger partial charge on any atom is 0.134 e. The number of hydrogen-bond donors (Lipinski definition) is 0. The summed E-state index contributed by atoms with van der Waals surface area (Å²) in [5.41, 5.74) is 2.14. The maximum atomic E-state index is 10.8. The summed E-state index contributed by atoms with van der Waals surface area (Å²) in [5.74, 6) is 0.167. The first-order valence-corrected chi connectivity index (χ1v) is 8.12. The lowest BCUT2D eigenvalue weighted by molar-refractivity contribution is -0.116. The van der Waals surface area contributed by atoms with Crippen LogP contribution in [-0.2, 0) is 16.0 Å². The molecule has 1 aromatic rings. The minimum absolute atomic E-state index is 0.167. The van der Waals surface area contributed by atoms with Gasteiger partial charge >= 0.3 is 0 Å². The summed E-state index contributed by atoms with van der Waals surface area (Å²) in [4.78, 5) is 10.8. The number of hydrogen-bond acceptors (Lipinski definition) is 2. The van der Waals surface area contributed by atoms with Crippen LogP contribution in [0.15, 0.2) is 18.2 Å². The molecule has 0 bridgehead atoms. The van der Waals surface area contributed by atoms with E-state index in [0.29, 0.717) is 11.4 Å². The van der Waals surface area contributed by atoms with E-state index in [4.69, 9.17) is 16.3 Å². The van der Waals surface area contributed by atoms with Crippen LogP contribution in [0.3, 0.4) is 0 Å². The number of Topliss-reactive ketones (excluding diaryl/α,β-unsaturated/α-hetero) is 1. The third-order valence-corrected chi connectivity index (χ3v) is 2.94. The molecule has 1 rings (SSSR count). The first-order chi connectivity index (χ1) is 10.0. The van der Waals surface area contributed by atoms with Crippen molar-refractivity contribution in [3.63, 3.8) is 0 Å². The second-order valence-electron chi connectivity index (χ2n) is 4.65. The summed E-state index contributed by atoms with van der Waals surface area (Å²) < 4.78 is 4.84. The van der Waals surface area contributed by atoms with Crippen molar-refractivity contribution >= 4 is 17.4 Å². The van der Waals surface area contributed by atoms with E-state index in [0.717, 1.165) is 17.7 Å². The van der Waals surface area contributed by atoms with Crippen molar-refractivity contribution < 1.29 is 9.53 Å². The van der Waals surface area contributed by atoms with Crippen LogP contribution in [0.25, 0.3) is 0 Å². The molecule has 122 valence electrons. The number of ether oxygens (including phenoxy) is 1. The smallest absolute Gasteiger partial charge is 0.134 e. The quantitative estimate of drug-likeness (QED) is 0.636. The van der Waals surface area contributed by atoms with Crippen LogP contribution in [0, 0.1) is 6.92 Å². The van der Waals surface area contributed by atoms with Crippen molar-refractivity contribution in [2.45, 2.75) is 60.3 Å². The molecule has 0 heterocycles. The number of carbonyl (C=O) groups excluding carboxylic acids is 1. The molecule has 0 saturated heterocycles. The highest BCUT2D eigenvalue weighted by molar-refractivity contribution is 6.30. The van der Waals surface area contributed by atoms with Crippen molar-refractivity contribution in [1.29, 1.82) is 0 Å². The van der Waals surface area contributed by atoms with E-state index in [1.165, 1.54) is 19.3 Å². The lowest BCUT2D eigenvalue weighted by Gasteiger charge is -2.02. The van der Waals surface area contributed by atoms with Crippen LogP contribution < -0.4 is 0 Å². The zero-order chi connectivity index (χ0) is 16.7. The Bertz CT molecular complexity index is 371. The highest BCUT2D eigenvalue weighted by atomic mass is 35.5. The van der Waals surface area contributed by atoms with E-state index >= 15 is 0 Å². The summed E-state index contributed by atoms with van der Waals surface area (Å²) in [6.07, 6.45) is 4.27. The lowest BCUT2D eigenvalue weighted by atomic mass is 10.0. The number of unbranched alkanes of at least 4 members (excludes halogenated alkanes) is 2. The van der Waals surface area contributed by atoms with Crippen molar-refractivity contribution in [1.82, 2.24) is 0 Å². The fraction of sp³-hybridized carbons (Fsp3) is 0.611. The standard InChI is InChI=1S/C10H11ClO.C6H14O.C2H6/c1-7-3-4-10(11)6-9(7)5-8(2)12;1-3-4-5-6-7-2;1-2/h3-4,6H,5H2,1-2H3;3-6H2,1-2H3;1-2H3. The number of halogens is 1. The van der Waals surface area contributed by atoms with Crippen molar-refractivity contribution in [2.75, 3.05) is 13.7 Å². The number of carbonyl (C=O) groups is 1. The predicted molar refractivity (Wildman–Crippen MR) is 93.3 cm³/mol. The van der Waals surface area contributed by atoms with Gasteiger partial charge in [0.1, 0.15) is 5.78 Å². The number of ketones is 1. The highest BCUT2D eigenvalue weighted by Crippen LogP contribution is 2.15. The van der Waals surface area contributed by atoms with E-state index in [1.807, 2.05) is 39.0 Å². The summed E-state index contributed by atoms with van der Waals surface area (Å²) in [6.45, 7) is 10.7. The van der Waals surface area contributed by atoms with E-state index in [1.54, 1.807) is 14.0 Å². The number of aryl methyl sites for hydroxylation is 1. The van der Waals surface area contributed by atoms with E-state index < -0.39 is 0 Å². The second kappa shape index (κ2) is 15.5. The number of benzene rings is 1. The molecule has 0 radical (unpaired) electrons. The fourth-order valence-electron chi connectivity index (χ4n) is 1.60. The molecule has 0 aliphatic heterocycles. The molecular weight excluding hydrogens is 284 g/mol. The van der Waals surface area contributed by atoms with E-state index in [2.05, 4.69) is 6.92 Å². The minimum atomic E-state index is 0.167. The maximum absolute atomic E-state index is 10.8. The third kappa shape index (κ3) is 13.9. The summed E-state index contributed by atoms with van der Waals surface area (Å²) in [7, 11) is 1.75. The van der Waals surface area contributed by atoms with Gasteiger partial charge in [-0.15, -0.1) is 0 Å². The van der Waals surface area contributed by atoms with Crippen molar-refractivity contribution in [3.8, 4) is 0 Å². The molecule has 0 atom stereocenters. The van der Waals surface area contributed by atoms with Gasteiger partial charge in [0.25, 0.3) is 0 Å². The zero-order valence-electron chi connectivity index (χ0n) is 14.5. The topological polar surface area (TPSA) is 26.3 Å². The zero-order valence-corrected chi connectivity index (χ0v) is 15.2. The highest BCUT2D eigenvalue weighted by Gasteiger charge is 2.01. The van der Waals surface area contributed by atoms with Crippen LogP contribution >= 0.6 is 11.6 Å². The van der Waals surface area contributed by atoms with Crippen LogP contribution in [0.2, 0.25) is 5.02 Å². The molecule has 0 spiro atoms. The average molecular weight is 315 g/mol. The fourth-order valence-corrected chi connectivity index (χ4v) is 1.79.